The van der Waals surface area contributed by atoms with Gasteiger partial charge in [0.05, 0.1) is 29.8 Å². The van der Waals surface area contributed by atoms with Crippen LogP contribution in [0.25, 0.3) is 17.0 Å². The lowest BCUT2D eigenvalue weighted by atomic mass is 10.2. The van der Waals surface area contributed by atoms with Crippen LogP contribution in [0.4, 0.5) is 20.4 Å². The normalized spacial score (nSPS) is 19.8. The van der Waals surface area contributed by atoms with Crippen molar-refractivity contribution in [2.45, 2.75) is 24.8 Å². The summed E-state index contributed by atoms with van der Waals surface area (Å²) in [5.41, 5.74) is 6.40. The second kappa shape index (κ2) is 8.93. The molecule has 2 aliphatic heterocycles. The van der Waals surface area contributed by atoms with Crippen LogP contribution in [0, 0.1) is 0 Å². The highest BCUT2D eigenvalue weighted by Gasteiger charge is 2.48. The van der Waals surface area contributed by atoms with Crippen LogP contribution < -0.4 is 15.5 Å². The molecule has 190 valence electrons. The molecule has 1 amide bonds. The number of halogens is 2. The van der Waals surface area contributed by atoms with Crippen molar-refractivity contribution in [3.8, 4) is 5.95 Å². The minimum atomic E-state index is -2.79. The predicted molar refractivity (Wildman–Crippen MR) is 130 cm³/mol. The van der Waals surface area contributed by atoms with Gasteiger partial charge in [-0.05, 0) is 25.0 Å². The van der Waals surface area contributed by atoms with E-state index < -0.39 is 17.8 Å². The number of anilines is 2. The first-order valence-electron chi connectivity index (χ1n) is 12.2. The Kier molecular flexibility index (Phi) is 5.72. The van der Waals surface area contributed by atoms with E-state index >= 15 is 0 Å². The van der Waals surface area contributed by atoms with E-state index in [9.17, 15) is 13.6 Å². The summed E-state index contributed by atoms with van der Waals surface area (Å²) in [4.78, 5) is 32.2. The molecule has 0 spiro atoms. The minimum absolute atomic E-state index is 0.00555. The topological polar surface area (TPSA) is 106 Å². The average molecular weight is 499 g/mol. The SMILES string of the molecule is NC1(C(=O)N2CCN(c3cc(N4CCOCC4)nc(-n4c(C(F)F)nc5ccccc54)n3)CC2)CC1. The number of nitrogens with zero attached hydrogens (tertiary/aromatic N) is 7. The van der Waals surface area contributed by atoms with E-state index in [0.29, 0.717) is 75.2 Å². The third-order valence-electron chi connectivity index (χ3n) is 7.11. The molecular weight excluding hydrogens is 470 g/mol. The molecule has 10 nitrogen and oxygen atoms in total. The molecule has 3 aliphatic rings. The number of piperazine rings is 1. The van der Waals surface area contributed by atoms with Crippen LogP contribution in [0.15, 0.2) is 30.3 Å². The number of carbonyl (C=O) groups is 1. The summed E-state index contributed by atoms with van der Waals surface area (Å²) < 4.78 is 34.9. The van der Waals surface area contributed by atoms with Gasteiger partial charge in [-0.2, -0.15) is 9.97 Å². The number of hydrogen-bond donors (Lipinski definition) is 1. The maximum Gasteiger partial charge on any atom is 0.296 e. The van der Waals surface area contributed by atoms with Gasteiger partial charge in [-0.15, -0.1) is 0 Å². The summed E-state index contributed by atoms with van der Waals surface area (Å²) >= 11 is 0. The fourth-order valence-corrected chi connectivity index (χ4v) is 4.83. The van der Waals surface area contributed by atoms with Crippen LogP contribution >= 0.6 is 0 Å². The van der Waals surface area contributed by atoms with Crippen molar-refractivity contribution >= 4 is 28.6 Å². The zero-order chi connectivity index (χ0) is 24.9. The Morgan fingerprint density at radius 1 is 0.944 bits per heavy atom. The average Bonchev–Trinajstić information content (AvgIpc) is 3.54. The Hall–Kier alpha value is -3.38. The van der Waals surface area contributed by atoms with E-state index in [1.165, 1.54) is 4.57 Å². The van der Waals surface area contributed by atoms with E-state index in [0.717, 1.165) is 12.8 Å². The van der Waals surface area contributed by atoms with Crippen molar-refractivity contribution in [1.82, 2.24) is 24.4 Å². The van der Waals surface area contributed by atoms with Gasteiger partial charge in [-0.3, -0.25) is 9.36 Å². The number of carbonyl (C=O) groups excluding carboxylic acids is 1. The lowest BCUT2D eigenvalue weighted by molar-refractivity contribution is -0.133. The van der Waals surface area contributed by atoms with Crippen molar-refractivity contribution in [3.63, 3.8) is 0 Å². The quantitative estimate of drug-likeness (QED) is 0.567. The van der Waals surface area contributed by atoms with Gasteiger partial charge in [0.2, 0.25) is 11.9 Å². The number of benzene rings is 1. The van der Waals surface area contributed by atoms with E-state index in [1.807, 2.05) is 11.0 Å². The molecule has 2 aromatic heterocycles. The summed E-state index contributed by atoms with van der Waals surface area (Å²) in [6.07, 6.45) is -1.33. The van der Waals surface area contributed by atoms with Crippen molar-refractivity contribution in [2.75, 3.05) is 62.3 Å². The number of alkyl halides is 2. The molecule has 12 heteroatoms. The molecule has 1 aliphatic carbocycles. The van der Waals surface area contributed by atoms with Crippen LogP contribution in [0.3, 0.4) is 0 Å². The number of aromatic nitrogens is 4. The Morgan fingerprint density at radius 3 is 2.22 bits per heavy atom. The highest BCUT2D eigenvalue weighted by molar-refractivity contribution is 5.89. The first-order chi connectivity index (χ1) is 17.4. The van der Waals surface area contributed by atoms with Crippen molar-refractivity contribution in [1.29, 1.82) is 0 Å². The van der Waals surface area contributed by atoms with Gasteiger partial charge >= 0.3 is 0 Å². The van der Waals surface area contributed by atoms with Gasteiger partial charge in [0, 0.05) is 45.3 Å². The van der Waals surface area contributed by atoms with Gasteiger partial charge < -0.3 is 25.2 Å². The summed E-state index contributed by atoms with van der Waals surface area (Å²) in [6.45, 7) is 4.59. The molecular formula is C24H28F2N8O2. The summed E-state index contributed by atoms with van der Waals surface area (Å²) in [5.74, 6) is 1.03. The second-order valence-electron chi connectivity index (χ2n) is 9.51. The molecule has 2 N–H and O–H groups in total. The molecule has 1 aromatic carbocycles. The number of hydrogen-bond acceptors (Lipinski definition) is 8. The monoisotopic (exact) mass is 498 g/mol. The summed E-state index contributed by atoms with van der Waals surface area (Å²) in [7, 11) is 0. The number of rotatable bonds is 5. The maximum absolute atomic E-state index is 14.1. The zero-order valence-corrected chi connectivity index (χ0v) is 19.8. The van der Waals surface area contributed by atoms with Crippen molar-refractivity contribution < 1.29 is 18.3 Å². The molecule has 3 fully saturated rings. The van der Waals surface area contributed by atoms with E-state index in [-0.39, 0.29) is 11.9 Å². The van der Waals surface area contributed by atoms with Crippen LogP contribution in [0.5, 0.6) is 0 Å². The van der Waals surface area contributed by atoms with Gasteiger partial charge in [-0.1, -0.05) is 12.1 Å². The molecule has 0 bridgehead atoms. The molecule has 4 heterocycles. The number of amides is 1. The maximum atomic E-state index is 14.1. The van der Waals surface area contributed by atoms with Gasteiger partial charge in [-0.25, -0.2) is 13.8 Å². The molecule has 6 rings (SSSR count). The smallest absolute Gasteiger partial charge is 0.296 e. The fraction of sp³-hybridized carbons (Fsp3) is 0.500. The first-order valence-corrected chi connectivity index (χ1v) is 12.2. The number of ether oxygens (including phenoxy) is 1. The lowest BCUT2D eigenvalue weighted by Gasteiger charge is -2.37. The third-order valence-corrected chi connectivity index (χ3v) is 7.11. The highest BCUT2D eigenvalue weighted by Crippen LogP contribution is 2.35. The number of nitrogens with two attached hydrogens (primary N) is 1. The van der Waals surface area contributed by atoms with E-state index in [2.05, 4.69) is 14.8 Å². The number of morpholine rings is 1. The number of para-hydroxylation sites is 2. The summed E-state index contributed by atoms with van der Waals surface area (Å²) in [5, 5.41) is 0. The van der Waals surface area contributed by atoms with Gasteiger partial charge in [0.25, 0.3) is 6.43 Å². The fourth-order valence-electron chi connectivity index (χ4n) is 4.83. The molecule has 3 aromatic rings. The molecule has 0 atom stereocenters. The van der Waals surface area contributed by atoms with Crippen LogP contribution in [-0.2, 0) is 9.53 Å². The van der Waals surface area contributed by atoms with Crippen molar-refractivity contribution in [2.24, 2.45) is 5.73 Å². The van der Waals surface area contributed by atoms with E-state index in [1.54, 1.807) is 24.3 Å². The van der Waals surface area contributed by atoms with Crippen LogP contribution in [-0.4, -0.2) is 88.3 Å². The minimum Gasteiger partial charge on any atom is -0.378 e. The Balaban J connectivity index is 1.38. The van der Waals surface area contributed by atoms with Crippen LogP contribution in [0.1, 0.15) is 25.1 Å². The molecule has 36 heavy (non-hydrogen) atoms. The van der Waals surface area contributed by atoms with Crippen molar-refractivity contribution in [3.05, 3.63) is 36.2 Å². The van der Waals surface area contributed by atoms with Gasteiger partial charge in [0.15, 0.2) is 5.82 Å². The number of fused-ring (bicyclic) bond motifs is 1. The Morgan fingerprint density at radius 2 is 1.58 bits per heavy atom. The van der Waals surface area contributed by atoms with E-state index in [4.69, 9.17) is 20.4 Å². The largest absolute Gasteiger partial charge is 0.378 e. The Labute approximate surface area is 206 Å². The second-order valence-corrected chi connectivity index (χ2v) is 9.51. The van der Waals surface area contributed by atoms with Crippen LogP contribution in [0.2, 0.25) is 0 Å². The highest BCUT2D eigenvalue weighted by atomic mass is 19.3. The number of imidazole rings is 1. The standard InChI is InChI=1S/C24H28F2N8O2/c25-20(26)21-28-16-3-1-2-4-17(16)34(21)23-29-18(15-19(30-23)32-11-13-36-14-12-32)31-7-9-33(10-8-31)22(35)24(27)5-6-24/h1-4,15,20H,5-14,27H2. The molecule has 1 saturated carbocycles. The lowest BCUT2D eigenvalue weighted by Crippen LogP contribution is -2.54. The molecule has 0 unspecified atom stereocenters. The predicted octanol–water partition coefficient (Wildman–Crippen LogP) is 1.73. The molecule has 2 saturated heterocycles. The summed E-state index contributed by atoms with van der Waals surface area (Å²) in [6, 6.07) is 8.87. The van der Waals surface area contributed by atoms with Gasteiger partial charge in [0.1, 0.15) is 11.6 Å². The third kappa shape index (κ3) is 4.13. The molecule has 0 radical (unpaired) electrons. The Bertz CT molecular complexity index is 1280. The zero-order valence-electron chi connectivity index (χ0n) is 19.8. The first kappa shape index (κ1) is 23.0.